The van der Waals surface area contributed by atoms with E-state index in [9.17, 15) is 14.7 Å². The van der Waals surface area contributed by atoms with E-state index in [-0.39, 0.29) is 23.6 Å². The molecule has 3 saturated carbocycles. The predicted octanol–water partition coefficient (Wildman–Crippen LogP) is 5.40. The maximum atomic E-state index is 13.0. The average molecular weight is 513 g/mol. The molecule has 2 saturated heterocycles. The van der Waals surface area contributed by atoms with Crippen molar-refractivity contribution in [3.05, 3.63) is 11.6 Å². The molecule has 206 valence electrons. The largest absolute Gasteiger partial charge is 0.453 e. The molecule has 2 aliphatic heterocycles. The minimum absolute atomic E-state index is 0.133. The Morgan fingerprint density at radius 3 is 2.59 bits per heavy atom. The van der Waals surface area contributed by atoms with E-state index in [0.717, 1.165) is 56.4 Å². The number of hydrogen-bond donors (Lipinski definition) is 1. The number of hydrogen-bond acceptors (Lipinski definition) is 4. The van der Waals surface area contributed by atoms with Gasteiger partial charge in [0.2, 0.25) is 5.91 Å². The first-order valence-corrected chi connectivity index (χ1v) is 15.1. The predicted molar refractivity (Wildman–Crippen MR) is 143 cm³/mol. The number of aliphatic hydroxyl groups excluding tert-OH is 1. The van der Waals surface area contributed by atoms with Crippen molar-refractivity contribution in [2.24, 2.45) is 40.4 Å². The molecule has 4 aliphatic carbocycles. The van der Waals surface area contributed by atoms with E-state index in [2.05, 4.69) is 26.8 Å². The quantitative estimate of drug-likeness (QED) is 0.513. The lowest BCUT2D eigenvalue weighted by molar-refractivity contribution is -0.156. The highest BCUT2D eigenvalue weighted by molar-refractivity contribution is 5.79. The summed E-state index contributed by atoms with van der Waals surface area (Å²) in [4.78, 5) is 28.7. The average Bonchev–Trinajstić information content (AvgIpc) is 3.18. The Labute approximate surface area is 223 Å². The van der Waals surface area contributed by atoms with Crippen LogP contribution in [0.4, 0.5) is 4.79 Å². The number of rotatable bonds is 4. The highest BCUT2D eigenvalue weighted by Crippen LogP contribution is 2.67. The van der Waals surface area contributed by atoms with Crippen molar-refractivity contribution >= 4 is 12.0 Å². The van der Waals surface area contributed by atoms with Gasteiger partial charge in [0.05, 0.1) is 18.8 Å². The molecule has 0 radical (unpaired) electrons. The third-order valence-electron chi connectivity index (χ3n) is 12.7. The zero-order valence-corrected chi connectivity index (χ0v) is 23.5. The molecule has 0 aromatic heterocycles. The number of carbonyl (C=O) groups excluding carboxylic acids is 2. The molecule has 1 N–H and O–H groups in total. The summed E-state index contributed by atoms with van der Waals surface area (Å²) in [6.07, 6.45) is 14.3. The second kappa shape index (κ2) is 8.99. The molecule has 6 nitrogen and oxygen atoms in total. The first kappa shape index (κ1) is 25.7. The van der Waals surface area contributed by atoms with Gasteiger partial charge in [-0.1, -0.05) is 32.4 Å². The van der Waals surface area contributed by atoms with Crippen molar-refractivity contribution in [1.29, 1.82) is 0 Å². The summed E-state index contributed by atoms with van der Waals surface area (Å²) in [6.45, 7) is 9.60. The van der Waals surface area contributed by atoms with Crippen molar-refractivity contribution in [2.45, 2.75) is 103 Å². The lowest BCUT2D eigenvalue weighted by atomic mass is 9.47. The molecule has 0 unspecified atom stereocenters. The van der Waals surface area contributed by atoms with Crippen molar-refractivity contribution in [1.82, 2.24) is 9.80 Å². The topological polar surface area (TPSA) is 70.1 Å². The van der Waals surface area contributed by atoms with Crippen LogP contribution in [0.1, 0.15) is 91.4 Å². The molecule has 6 aliphatic rings. The second-order valence-corrected chi connectivity index (χ2v) is 14.2. The lowest BCUT2D eigenvalue weighted by Crippen LogP contribution is -2.78. The van der Waals surface area contributed by atoms with Crippen molar-refractivity contribution in [2.75, 3.05) is 26.7 Å². The van der Waals surface area contributed by atoms with Gasteiger partial charge in [-0.2, -0.15) is 0 Å². The van der Waals surface area contributed by atoms with E-state index in [4.69, 9.17) is 4.74 Å². The number of nitrogens with zero attached hydrogens (tertiary/aromatic N) is 2. The molecule has 2 heterocycles. The van der Waals surface area contributed by atoms with Crippen molar-refractivity contribution in [3.63, 3.8) is 0 Å². The zero-order chi connectivity index (χ0) is 26.2. The fourth-order valence-electron chi connectivity index (χ4n) is 10.4. The van der Waals surface area contributed by atoms with Gasteiger partial charge in [-0.3, -0.25) is 9.69 Å². The molecule has 0 aromatic rings. The van der Waals surface area contributed by atoms with E-state index >= 15 is 0 Å². The Morgan fingerprint density at radius 2 is 1.89 bits per heavy atom. The van der Waals surface area contributed by atoms with Crippen LogP contribution >= 0.6 is 0 Å². The molecule has 0 bridgehead atoms. The van der Waals surface area contributed by atoms with Crippen LogP contribution in [0, 0.1) is 40.4 Å². The molecule has 37 heavy (non-hydrogen) atoms. The fraction of sp³-hybridized carbons (Fsp3) is 0.871. The van der Waals surface area contributed by atoms with Crippen LogP contribution in [0.3, 0.4) is 0 Å². The number of carbonyl (C=O) groups is 2. The number of amides is 2. The van der Waals surface area contributed by atoms with Crippen molar-refractivity contribution < 1.29 is 19.4 Å². The van der Waals surface area contributed by atoms with E-state index in [1.54, 1.807) is 10.5 Å². The zero-order valence-electron chi connectivity index (χ0n) is 23.5. The van der Waals surface area contributed by atoms with Gasteiger partial charge in [-0.25, -0.2) is 4.79 Å². The van der Waals surface area contributed by atoms with E-state index < -0.39 is 0 Å². The van der Waals surface area contributed by atoms with Gasteiger partial charge in [0, 0.05) is 26.1 Å². The molecule has 1 spiro atoms. The standard InChI is InChI=1S/C31H48N2O4/c1-20(5-10-27(35)32-18-31(19-32)15-16-33(31)28(36)37-4)24-8-9-25-23-7-6-21-17-22(34)11-13-29(21,2)26(23)12-14-30(24,25)3/h6,20,22-26,34H,5,7-19H2,1-4H3/t20-,22+,23+,24-,25+,26+,29+,30-/m1/s1. The van der Waals surface area contributed by atoms with E-state index in [1.807, 2.05) is 4.90 Å². The normalized spacial score (nSPS) is 42.5. The lowest BCUT2D eigenvalue weighted by Gasteiger charge is -2.61. The van der Waals surface area contributed by atoms with Crippen molar-refractivity contribution in [3.8, 4) is 0 Å². The fourth-order valence-corrected chi connectivity index (χ4v) is 10.4. The first-order chi connectivity index (χ1) is 17.6. The van der Waals surface area contributed by atoms with E-state index in [0.29, 0.717) is 42.2 Å². The smallest absolute Gasteiger partial charge is 0.410 e. The monoisotopic (exact) mass is 512 g/mol. The number of methoxy groups -OCH3 is 1. The van der Waals surface area contributed by atoms with Gasteiger partial charge in [0.15, 0.2) is 0 Å². The van der Waals surface area contributed by atoms with Gasteiger partial charge in [0.25, 0.3) is 0 Å². The maximum absolute atomic E-state index is 13.0. The molecule has 0 aromatic carbocycles. The summed E-state index contributed by atoms with van der Waals surface area (Å²) in [5.74, 6) is 3.91. The third-order valence-corrected chi connectivity index (χ3v) is 12.7. The molecule has 5 fully saturated rings. The molecule has 6 rings (SSSR count). The second-order valence-electron chi connectivity index (χ2n) is 14.2. The van der Waals surface area contributed by atoms with Crippen LogP contribution in [-0.4, -0.2) is 65.3 Å². The van der Waals surface area contributed by atoms with Crippen LogP contribution < -0.4 is 0 Å². The highest BCUT2D eigenvalue weighted by atomic mass is 16.5. The summed E-state index contributed by atoms with van der Waals surface area (Å²) < 4.78 is 4.91. The Morgan fingerprint density at radius 1 is 1.11 bits per heavy atom. The summed E-state index contributed by atoms with van der Waals surface area (Å²) in [7, 11) is 1.43. The summed E-state index contributed by atoms with van der Waals surface area (Å²) >= 11 is 0. The molecule has 6 heteroatoms. The molecule has 2 amide bonds. The van der Waals surface area contributed by atoms with Crippen LogP contribution in [-0.2, 0) is 9.53 Å². The molecular weight excluding hydrogens is 464 g/mol. The number of fused-ring (bicyclic) bond motifs is 5. The first-order valence-electron chi connectivity index (χ1n) is 15.1. The van der Waals surface area contributed by atoms with Gasteiger partial charge in [-0.05, 0) is 105 Å². The number of aliphatic hydroxyl groups is 1. The Balaban J connectivity index is 1.05. The summed E-state index contributed by atoms with van der Waals surface area (Å²) in [5, 5.41) is 10.3. The molecule has 8 atom stereocenters. The number of likely N-dealkylation sites (tertiary alicyclic amines) is 2. The van der Waals surface area contributed by atoms with Gasteiger partial charge in [-0.15, -0.1) is 0 Å². The Hall–Kier alpha value is -1.56. The molecular formula is C31H48N2O4. The summed E-state index contributed by atoms with van der Waals surface area (Å²) in [6, 6.07) is 0. The van der Waals surface area contributed by atoms with Gasteiger partial charge < -0.3 is 14.7 Å². The van der Waals surface area contributed by atoms with Crippen LogP contribution in [0.5, 0.6) is 0 Å². The van der Waals surface area contributed by atoms with E-state index in [1.165, 1.54) is 39.2 Å². The third kappa shape index (κ3) is 3.82. The Bertz CT molecular complexity index is 972. The van der Waals surface area contributed by atoms with Gasteiger partial charge >= 0.3 is 6.09 Å². The minimum Gasteiger partial charge on any atom is -0.453 e. The van der Waals surface area contributed by atoms with Gasteiger partial charge in [0.1, 0.15) is 0 Å². The van der Waals surface area contributed by atoms with Crippen LogP contribution in [0.2, 0.25) is 0 Å². The highest BCUT2D eigenvalue weighted by Gasteiger charge is 2.60. The number of ether oxygens (including phenoxy) is 1. The number of allylic oxidation sites excluding steroid dienone is 1. The van der Waals surface area contributed by atoms with Crippen LogP contribution in [0.15, 0.2) is 11.6 Å². The summed E-state index contributed by atoms with van der Waals surface area (Å²) in [5.41, 5.74) is 2.10. The Kier molecular flexibility index (Phi) is 6.25. The SMILES string of the molecule is COC(=O)N1CCC12CN(C(=O)CC[C@@H](C)[C@H]1CC[C@H]3[C@@H]4CC=C5C[C@@H](O)CC[C@]5(C)[C@H]4CC[C@]13C)C2. The van der Waals surface area contributed by atoms with Crippen LogP contribution in [0.25, 0.3) is 0 Å². The minimum atomic E-state index is -0.259. The maximum Gasteiger partial charge on any atom is 0.410 e.